The lowest BCUT2D eigenvalue weighted by Crippen LogP contribution is -2.42. The maximum absolute atomic E-state index is 12.5. The van der Waals surface area contributed by atoms with E-state index in [9.17, 15) is 9.59 Å². The second-order valence-corrected chi connectivity index (χ2v) is 5.81. The van der Waals surface area contributed by atoms with Gasteiger partial charge in [-0.3, -0.25) is 25.4 Å². The number of aryl methyl sites for hydroxylation is 3. The molecule has 0 unspecified atom stereocenters. The number of para-hydroxylation sites is 1. The van der Waals surface area contributed by atoms with Crippen LogP contribution in [-0.2, 0) is 11.2 Å². The molecule has 0 aliphatic carbocycles. The third-order valence-corrected chi connectivity index (χ3v) is 3.92. The Kier molecular flexibility index (Phi) is 4.47. The number of nitrogens with zero attached hydrogens (tertiary/aromatic N) is 2. The Morgan fingerprint density at radius 2 is 1.88 bits per heavy atom. The van der Waals surface area contributed by atoms with Crippen molar-refractivity contribution in [1.29, 1.82) is 0 Å². The second-order valence-electron chi connectivity index (χ2n) is 5.81. The summed E-state index contributed by atoms with van der Waals surface area (Å²) in [6, 6.07) is 9.06. The average molecular weight is 338 g/mol. The summed E-state index contributed by atoms with van der Waals surface area (Å²) in [5, 5.41) is 4.53. The van der Waals surface area contributed by atoms with Crippen LogP contribution in [0.3, 0.4) is 0 Å². The molecule has 7 nitrogen and oxygen atoms in total. The number of fused-ring (bicyclic) bond motifs is 1. The molecule has 2 heterocycles. The number of carbonyl (C=O) groups excluding carboxylic acids is 2. The van der Waals surface area contributed by atoms with Gasteiger partial charge < -0.3 is 4.52 Å². The Morgan fingerprint density at radius 1 is 1.12 bits per heavy atom. The predicted octanol–water partition coefficient (Wildman–Crippen LogP) is 2.15. The fourth-order valence-corrected chi connectivity index (χ4v) is 2.65. The first-order chi connectivity index (χ1) is 12.0. The van der Waals surface area contributed by atoms with Crippen molar-refractivity contribution in [3.63, 3.8) is 0 Å². The van der Waals surface area contributed by atoms with Crippen molar-refractivity contribution in [2.45, 2.75) is 27.2 Å². The normalized spacial score (nSPS) is 10.7. The van der Waals surface area contributed by atoms with Crippen LogP contribution < -0.4 is 10.9 Å². The molecular formula is C18H18N4O3. The van der Waals surface area contributed by atoms with Crippen LogP contribution in [0.5, 0.6) is 0 Å². The van der Waals surface area contributed by atoms with Crippen molar-refractivity contribution >= 4 is 22.7 Å². The Labute approximate surface area is 144 Å². The number of rotatable bonds is 3. The molecule has 0 fully saturated rings. The summed E-state index contributed by atoms with van der Waals surface area (Å²) in [7, 11) is 0. The summed E-state index contributed by atoms with van der Waals surface area (Å²) >= 11 is 0. The lowest BCUT2D eigenvalue weighted by molar-refractivity contribution is -0.121. The van der Waals surface area contributed by atoms with E-state index in [4.69, 9.17) is 4.52 Å². The van der Waals surface area contributed by atoms with Gasteiger partial charge in [-0.25, -0.2) is 0 Å². The Balaban J connectivity index is 1.72. The third-order valence-electron chi connectivity index (χ3n) is 3.92. The molecule has 1 aromatic carbocycles. The molecule has 0 saturated heterocycles. The van der Waals surface area contributed by atoms with E-state index in [1.807, 2.05) is 31.2 Å². The molecule has 0 bridgehead atoms. The SMILES string of the molecule is Cc1cc(C(=O)NNC(=O)Cc2c(C)noc2C)c2ccccc2n1. The molecule has 128 valence electrons. The van der Waals surface area contributed by atoms with Gasteiger partial charge in [-0.1, -0.05) is 23.4 Å². The number of pyridine rings is 1. The minimum absolute atomic E-state index is 0.0809. The minimum atomic E-state index is -0.395. The van der Waals surface area contributed by atoms with Crippen molar-refractivity contribution in [2.75, 3.05) is 0 Å². The molecule has 3 aromatic rings. The van der Waals surface area contributed by atoms with Crippen LogP contribution in [0.1, 0.15) is 33.1 Å². The zero-order valence-electron chi connectivity index (χ0n) is 14.2. The summed E-state index contributed by atoms with van der Waals surface area (Å²) in [5.74, 6) is -0.152. The summed E-state index contributed by atoms with van der Waals surface area (Å²) in [5.41, 5.74) is 8.18. The zero-order chi connectivity index (χ0) is 18.0. The average Bonchev–Trinajstić information content (AvgIpc) is 2.90. The van der Waals surface area contributed by atoms with Crippen LogP contribution in [0.25, 0.3) is 10.9 Å². The predicted molar refractivity (Wildman–Crippen MR) is 91.8 cm³/mol. The first-order valence-electron chi connectivity index (χ1n) is 7.83. The summed E-state index contributed by atoms with van der Waals surface area (Å²) < 4.78 is 5.03. The zero-order valence-corrected chi connectivity index (χ0v) is 14.2. The van der Waals surface area contributed by atoms with Gasteiger partial charge in [0.15, 0.2) is 0 Å². The molecule has 2 amide bonds. The molecule has 0 radical (unpaired) electrons. The van der Waals surface area contributed by atoms with Gasteiger partial charge in [-0.05, 0) is 32.9 Å². The van der Waals surface area contributed by atoms with Crippen LogP contribution in [0.2, 0.25) is 0 Å². The maximum atomic E-state index is 12.5. The maximum Gasteiger partial charge on any atom is 0.270 e. The van der Waals surface area contributed by atoms with Crippen LogP contribution in [0.15, 0.2) is 34.9 Å². The van der Waals surface area contributed by atoms with Crippen molar-refractivity contribution in [3.8, 4) is 0 Å². The van der Waals surface area contributed by atoms with E-state index < -0.39 is 5.91 Å². The highest BCUT2D eigenvalue weighted by Gasteiger charge is 2.15. The molecule has 0 aliphatic heterocycles. The highest BCUT2D eigenvalue weighted by molar-refractivity contribution is 6.06. The number of hydrazine groups is 1. The van der Waals surface area contributed by atoms with E-state index in [0.717, 1.165) is 22.2 Å². The molecule has 7 heteroatoms. The summed E-state index contributed by atoms with van der Waals surface area (Å²) in [4.78, 5) is 28.9. The van der Waals surface area contributed by atoms with Crippen LogP contribution in [0, 0.1) is 20.8 Å². The molecule has 0 spiro atoms. The Hall–Kier alpha value is -3.22. The van der Waals surface area contributed by atoms with Gasteiger partial charge in [0.05, 0.1) is 23.2 Å². The minimum Gasteiger partial charge on any atom is -0.361 e. The van der Waals surface area contributed by atoms with E-state index in [1.54, 1.807) is 19.9 Å². The van der Waals surface area contributed by atoms with Crippen LogP contribution in [0.4, 0.5) is 0 Å². The lowest BCUT2D eigenvalue weighted by Gasteiger charge is -2.10. The van der Waals surface area contributed by atoms with E-state index >= 15 is 0 Å². The third kappa shape index (κ3) is 3.50. The summed E-state index contributed by atoms with van der Waals surface area (Å²) in [6.07, 6.45) is 0.0809. The largest absolute Gasteiger partial charge is 0.361 e. The van der Waals surface area contributed by atoms with E-state index in [2.05, 4.69) is 21.0 Å². The van der Waals surface area contributed by atoms with Gasteiger partial charge in [-0.2, -0.15) is 0 Å². The second kappa shape index (κ2) is 6.72. The molecule has 0 aliphatic rings. The highest BCUT2D eigenvalue weighted by atomic mass is 16.5. The van der Waals surface area contributed by atoms with E-state index in [1.165, 1.54) is 0 Å². The lowest BCUT2D eigenvalue weighted by atomic mass is 10.1. The first-order valence-corrected chi connectivity index (χ1v) is 7.83. The number of amides is 2. The van der Waals surface area contributed by atoms with Crippen LogP contribution >= 0.6 is 0 Å². The highest BCUT2D eigenvalue weighted by Crippen LogP contribution is 2.18. The van der Waals surface area contributed by atoms with Crippen molar-refractivity contribution in [1.82, 2.24) is 21.0 Å². The van der Waals surface area contributed by atoms with Crippen molar-refractivity contribution in [3.05, 3.63) is 58.6 Å². The van der Waals surface area contributed by atoms with Gasteiger partial charge >= 0.3 is 0 Å². The standard InChI is InChI=1S/C18H18N4O3/c1-10-8-15(13-6-4-5-7-16(13)19-10)18(24)21-20-17(23)9-14-11(2)22-25-12(14)3/h4-8H,9H2,1-3H3,(H,20,23)(H,21,24). The molecular weight excluding hydrogens is 320 g/mol. The van der Waals surface area contributed by atoms with Gasteiger partial charge in [0.1, 0.15) is 5.76 Å². The monoisotopic (exact) mass is 338 g/mol. The van der Waals surface area contributed by atoms with Gasteiger partial charge in [-0.15, -0.1) is 0 Å². The van der Waals surface area contributed by atoms with Gasteiger partial charge in [0, 0.05) is 16.6 Å². The van der Waals surface area contributed by atoms with Gasteiger partial charge in [0.2, 0.25) is 5.91 Å². The molecule has 3 rings (SSSR count). The van der Waals surface area contributed by atoms with Gasteiger partial charge in [0.25, 0.3) is 5.91 Å². The molecule has 25 heavy (non-hydrogen) atoms. The Bertz CT molecular complexity index is 943. The fourth-order valence-electron chi connectivity index (χ4n) is 2.65. The van der Waals surface area contributed by atoms with E-state index in [0.29, 0.717) is 17.0 Å². The number of hydrogen-bond donors (Lipinski definition) is 2. The number of carbonyl (C=O) groups is 2. The molecule has 2 N–H and O–H groups in total. The molecule has 0 saturated carbocycles. The van der Waals surface area contributed by atoms with Crippen molar-refractivity contribution < 1.29 is 14.1 Å². The first kappa shape index (κ1) is 16.6. The number of nitrogens with one attached hydrogen (secondary N) is 2. The smallest absolute Gasteiger partial charge is 0.270 e. The summed E-state index contributed by atoms with van der Waals surface area (Å²) in [6.45, 7) is 5.33. The number of aromatic nitrogens is 2. The quantitative estimate of drug-likeness (QED) is 0.713. The Morgan fingerprint density at radius 3 is 2.60 bits per heavy atom. The van der Waals surface area contributed by atoms with Crippen LogP contribution in [-0.4, -0.2) is 22.0 Å². The fraction of sp³-hybridized carbons (Fsp3) is 0.222. The molecule has 2 aromatic heterocycles. The van der Waals surface area contributed by atoms with Crippen molar-refractivity contribution in [2.24, 2.45) is 0 Å². The number of benzene rings is 1. The topological polar surface area (TPSA) is 97.1 Å². The van der Waals surface area contributed by atoms with E-state index in [-0.39, 0.29) is 12.3 Å². The number of hydrogen-bond acceptors (Lipinski definition) is 5. The molecule has 0 atom stereocenters.